The summed E-state index contributed by atoms with van der Waals surface area (Å²) in [6, 6.07) is 15.6. The molecule has 3 aromatic heterocycles. The first-order chi connectivity index (χ1) is 13.7. The summed E-state index contributed by atoms with van der Waals surface area (Å²) in [5.74, 6) is 0.128. The van der Waals surface area contributed by atoms with Crippen LogP contribution in [-0.2, 0) is 0 Å². The fourth-order valence-corrected chi connectivity index (χ4v) is 4.24. The summed E-state index contributed by atoms with van der Waals surface area (Å²) in [4.78, 5) is 22.2. The lowest BCUT2D eigenvalue weighted by Crippen LogP contribution is -2.25. The Hall–Kier alpha value is -2.90. The summed E-state index contributed by atoms with van der Waals surface area (Å²) in [5, 5.41) is 2.82. The van der Waals surface area contributed by atoms with Crippen LogP contribution in [0.4, 0.5) is 0 Å². The van der Waals surface area contributed by atoms with E-state index in [1.807, 2.05) is 53.9 Å². The Bertz CT molecular complexity index is 1240. The summed E-state index contributed by atoms with van der Waals surface area (Å²) < 4.78 is 2.28. The van der Waals surface area contributed by atoms with Crippen molar-refractivity contribution in [1.82, 2.24) is 14.6 Å². The van der Waals surface area contributed by atoms with E-state index >= 15 is 0 Å². The van der Waals surface area contributed by atoms with Gasteiger partial charge in [-0.2, -0.15) is 0 Å². The SMILES string of the molecule is O=C(Nn1c(-c2ccccc2)csc1=S)c1cc2cccnc2nc1C1CC1. The molecular formula is C21H16N4OS2. The van der Waals surface area contributed by atoms with E-state index in [-0.39, 0.29) is 5.91 Å². The third kappa shape index (κ3) is 3.12. The summed E-state index contributed by atoms with van der Waals surface area (Å²) >= 11 is 6.88. The molecule has 1 fully saturated rings. The van der Waals surface area contributed by atoms with E-state index in [1.54, 1.807) is 10.9 Å². The first-order valence-corrected chi connectivity index (χ1v) is 10.3. The van der Waals surface area contributed by atoms with Gasteiger partial charge in [-0.15, -0.1) is 11.3 Å². The number of rotatable bonds is 4. The summed E-state index contributed by atoms with van der Waals surface area (Å²) in [6.45, 7) is 0. The van der Waals surface area contributed by atoms with Crippen LogP contribution in [0.2, 0.25) is 0 Å². The molecule has 1 aromatic carbocycles. The lowest BCUT2D eigenvalue weighted by Gasteiger charge is -2.13. The molecule has 138 valence electrons. The van der Waals surface area contributed by atoms with Crippen LogP contribution in [0.15, 0.2) is 60.1 Å². The number of fused-ring (bicyclic) bond motifs is 1. The Morgan fingerprint density at radius 2 is 2.00 bits per heavy atom. The molecule has 0 unspecified atom stereocenters. The smallest absolute Gasteiger partial charge is 0.267 e. The van der Waals surface area contributed by atoms with Crippen molar-refractivity contribution in [2.75, 3.05) is 5.43 Å². The van der Waals surface area contributed by atoms with Crippen molar-refractivity contribution in [3.05, 3.63) is 75.3 Å². The number of nitrogens with zero attached hydrogens (tertiary/aromatic N) is 3. The van der Waals surface area contributed by atoms with Gasteiger partial charge >= 0.3 is 0 Å². The van der Waals surface area contributed by atoms with E-state index in [2.05, 4.69) is 15.4 Å². The Balaban J connectivity index is 1.56. The Morgan fingerprint density at radius 1 is 1.18 bits per heavy atom. The van der Waals surface area contributed by atoms with Gasteiger partial charge in [0.15, 0.2) is 9.60 Å². The van der Waals surface area contributed by atoms with E-state index in [9.17, 15) is 4.79 Å². The minimum atomic E-state index is -0.202. The van der Waals surface area contributed by atoms with Crippen molar-refractivity contribution in [3.63, 3.8) is 0 Å². The van der Waals surface area contributed by atoms with E-state index in [0.29, 0.717) is 21.1 Å². The molecule has 1 saturated carbocycles. The molecule has 0 radical (unpaired) electrons. The molecule has 1 N–H and O–H groups in total. The summed E-state index contributed by atoms with van der Waals surface area (Å²) in [7, 11) is 0. The van der Waals surface area contributed by atoms with Crippen molar-refractivity contribution in [3.8, 4) is 11.3 Å². The monoisotopic (exact) mass is 404 g/mol. The zero-order chi connectivity index (χ0) is 19.1. The number of hydrogen-bond acceptors (Lipinski definition) is 5. The van der Waals surface area contributed by atoms with Gasteiger partial charge in [-0.05, 0) is 43.3 Å². The molecule has 0 saturated heterocycles. The molecule has 5 rings (SSSR count). The third-order valence-electron chi connectivity index (χ3n) is 4.81. The Kier molecular flexibility index (Phi) is 4.26. The van der Waals surface area contributed by atoms with Crippen LogP contribution in [0.25, 0.3) is 22.3 Å². The van der Waals surface area contributed by atoms with E-state index in [4.69, 9.17) is 12.2 Å². The molecule has 3 heterocycles. The molecule has 4 aromatic rings. The molecule has 0 spiro atoms. The van der Waals surface area contributed by atoms with Crippen molar-refractivity contribution in [1.29, 1.82) is 0 Å². The molecular weight excluding hydrogens is 388 g/mol. The molecule has 0 bridgehead atoms. The number of aromatic nitrogens is 3. The summed E-state index contributed by atoms with van der Waals surface area (Å²) in [6.07, 6.45) is 3.83. The maximum atomic E-state index is 13.2. The van der Waals surface area contributed by atoms with Gasteiger partial charge in [-0.25, -0.2) is 14.6 Å². The van der Waals surface area contributed by atoms with Gasteiger partial charge in [-0.3, -0.25) is 10.2 Å². The van der Waals surface area contributed by atoms with Crippen LogP contribution in [0.5, 0.6) is 0 Å². The quantitative estimate of drug-likeness (QED) is 0.478. The predicted molar refractivity (Wildman–Crippen MR) is 114 cm³/mol. The highest BCUT2D eigenvalue weighted by molar-refractivity contribution is 7.73. The standard InChI is InChI=1S/C21H16N4OS2/c26-20(24-25-17(12-28-21(25)27)13-5-2-1-3-6-13)16-11-15-7-4-10-22-19(15)23-18(16)14-8-9-14/h1-7,10-12,14H,8-9H2,(H,24,26). The number of carbonyl (C=O) groups is 1. The van der Waals surface area contributed by atoms with Crippen LogP contribution in [0, 0.1) is 3.95 Å². The second kappa shape index (κ2) is 6.92. The number of amides is 1. The fourth-order valence-electron chi connectivity index (χ4n) is 3.25. The maximum absolute atomic E-state index is 13.2. The van der Waals surface area contributed by atoms with Crippen LogP contribution in [0.3, 0.4) is 0 Å². The number of thiazole rings is 1. The number of hydrogen-bond donors (Lipinski definition) is 1. The van der Waals surface area contributed by atoms with Gasteiger partial charge < -0.3 is 0 Å². The fraction of sp³-hybridized carbons (Fsp3) is 0.143. The van der Waals surface area contributed by atoms with Gasteiger partial charge in [0.25, 0.3) is 5.91 Å². The zero-order valence-electron chi connectivity index (χ0n) is 14.8. The van der Waals surface area contributed by atoms with Crippen LogP contribution >= 0.6 is 23.6 Å². The first kappa shape index (κ1) is 17.2. The second-order valence-corrected chi connectivity index (χ2v) is 8.28. The molecule has 1 amide bonds. The largest absolute Gasteiger partial charge is 0.272 e. The highest BCUT2D eigenvalue weighted by Gasteiger charge is 2.30. The first-order valence-electron chi connectivity index (χ1n) is 9.04. The lowest BCUT2D eigenvalue weighted by atomic mass is 10.1. The predicted octanol–water partition coefficient (Wildman–Crippen LogP) is 5.15. The van der Waals surface area contributed by atoms with Crippen LogP contribution < -0.4 is 5.43 Å². The number of pyridine rings is 2. The minimum Gasteiger partial charge on any atom is -0.267 e. The Labute approximate surface area is 170 Å². The molecule has 1 aliphatic carbocycles. The highest BCUT2D eigenvalue weighted by Crippen LogP contribution is 2.41. The van der Waals surface area contributed by atoms with Crippen LogP contribution in [-0.4, -0.2) is 20.6 Å². The van der Waals surface area contributed by atoms with Crippen molar-refractivity contribution in [2.24, 2.45) is 0 Å². The molecule has 0 atom stereocenters. The van der Waals surface area contributed by atoms with Crippen molar-refractivity contribution in [2.45, 2.75) is 18.8 Å². The maximum Gasteiger partial charge on any atom is 0.272 e. The Morgan fingerprint density at radius 3 is 2.79 bits per heavy atom. The number of carbonyl (C=O) groups excluding carboxylic acids is 1. The molecule has 7 heteroatoms. The van der Waals surface area contributed by atoms with Crippen molar-refractivity contribution < 1.29 is 4.79 Å². The van der Waals surface area contributed by atoms with E-state index in [1.165, 1.54) is 11.3 Å². The van der Waals surface area contributed by atoms with Crippen LogP contribution in [0.1, 0.15) is 34.8 Å². The third-order valence-corrected chi connectivity index (χ3v) is 6.00. The topological polar surface area (TPSA) is 59.8 Å². The van der Waals surface area contributed by atoms with Gasteiger partial charge in [0.2, 0.25) is 0 Å². The number of nitrogens with one attached hydrogen (secondary N) is 1. The number of benzene rings is 1. The van der Waals surface area contributed by atoms with Crippen molar-refractivity contribution >= 4 is 40.5 Å². The van der Waals surface area contributed by atoms with Gasteiger partial charge in [0.05, 0.1) is 17.0 Å². The highest BCUT2D eigenvalue weighted by atomic mass is 32.1. The average Bonchev–Trinajstić information content (AvgIpc) is 3.52. The van der Waals surface area contributed by atoms with Gasteiger partial charge in [0.1, 0.15) is 0 Å². The van der Waals surface area contributed by atoms with Gasteiger partial charge in [-0.1, -0.05) is 30.3 Å². The molecule has 1 aliphatic rings. The minimum absolute atomic E-state index is 0.202. The van der Waals surface area contributed by atoms with E-state index in [0.717, 1.165) is 35.2 Å². The molecule has 5 nitrogen and oxygen atoms in total. The van der Waals surface area contributed by atoms with Gasteiger partial charge in [0, 0.05) is 28.4 Å². The lowest BCUT2D eigenvalue weighted by molar-refractivity contribution is 0.101. The average molecular weight is 405 g/mol. The summed E-state index contributed by atoms with van der Waals surface area (Å²) in [5.41, 5.74) is 6.95. The second-order valence-electron chi connectivity index (χ2n) is 6.77. The molecule has 28 heavy (non-hydrogen) atoms. The normalized spacial score (nSPS) is 13.6. The zero-order valence-corrected chi connectivity index (χ0v) is 16.5. The molecule has 0 aliphatic heterocycles. The van der Waals surface area contributed by atoms with E-state index < -0.39 is 0 Å².